The molecule has 78 valence electrons. The Morgan fingerprint density at radius 1 is 1.43 bits per heavy atom. The largest absolute Gasteiger partial charge is 0.377 e. The van der Waals surface area contributed by atoms with Crippen molar-refractivity contribution in [2.75, 3.05) is 19.0 Å². The summed E-state index contributed by atoms with van der Waals surface area (Å²) in [6.45, 7) is 2.03. The maximum atomic E-state index is 5.82. The van der Waals surface area contributed by atoms with Crippen LogP contribution in [0.4, 0.5) is 5.69 Å². The maximum absolute atomic E-state index is 5.82. The summed E-state index contributed by atoms with van der Waals surface area (Å²) in [5, 5.41) is 0. The lowest BCUT2D eigenvalue weighted by atomic mass is 10.1. The summed E-state index contributed by atoms with van der Waals surface area (Å²) in [5.74, 6) is 0. The van der Waals surface area contributed by atoms with Crippen LogP contribution in [-0.2, 0) is 6.42 Å². The molecule has 0 aliphatic heterocycles. The lowest BCUT2D eigenvalue weighted by molar-refractivity contribution is 0.734. The number of halogens is 1. The van der Waals surface area contributed by atoms with Crippen LogP contribution in [0.1, 0.15) is 12.5 Å². The minimum atomic E-state index is 0.187. The maximum Gasteiger partial charge on any atom is 0.0405 e. The fourth-order valence-corrected chi connectivity index (χ4v) is 2.01. The third kappa shape index (κ3) is 2.72. The number of anilines is 1. The zero-order chi connectivity index (χ0) is 10.7. The van der Waals surface area contributed by atoms with Gasteiger partial charge >= 0.3 is 0 Å². The van der Waals surface area contributed by atoms with E-state index in [-0.39, 0.29) is 6.04 Å². The Kier molecular flexibility index (Phi) is 3.96. The first-order valence-corrected chi connectivity index (χ1v) is 5.52. The lowest BCUT2D eigenvalue weighted by Crippen LogP contribution is -2.20. The highest BCUT2D eigenvalue weighted by atomic mass is 79.9. The fourth-order valence-electron chi connectivity index (χ4n) is 1.49. The minimum Gasteiger partial charge on any atom is -0.377 e. The minimum absolute atomic E-state index is 0.187. The Bertz CT molecular complexity index is 308. The molecule has 0 aromatic heterocycles. The summed E-state index contributed by atoms with van der Waals surface area (Å²) in [6.07, 6.45) is 0.898. The zero-order valence-corrected chi connectivity index (χ0v) is 10.5. The van der Waals surface area contributed by atoms with Crippen LogP contribution in [0.5, 0.6) is 0 Å². The van der Waals surface area contributed by atoms with Gasteiger partial charge in [-0.1, -0.05) is 22.0 Å². The molecule has 1 rings (SSSR count). The van der Waals surface area contributed by atoms with Crippen LogP contribution >= 0.6 is 15.9 Å². The molecule has 0 amide bonds. The fraction of sp³-hybridized carbons (Fsp3) is 0.455. The molecule has 14 heavy (non-hydrogen) atoms. The molecule has 0 spiro atoms. The topological polar surface area (TPSA) is 29.3 Å². The van der Waals surface area contributed by atoms with Gasteiger partial charge in [0.15, 0.2) is 0 Å². The Hall–Kier alpha value is -0.540. The number of benzene rings is 1. The normalized spacial score (nSPS) is 12.6. The highest BCUT2D eigenvalue weighted by Gasteiger charge is 2.09. The van der Waals surface area contributed by atoms with Gasteiger partial charge in [-0.2, -0.15) is 0 Å². The van der Waals surface area contributed by atoms with Gasteiger partial charge in [-0.3, -0.25) is 0 Å². The molecule has 0 saturated heterocycles. The number of nitrogens with zero attached hydrogens (tertiary/aromatic N) is 1. The van der Waals surface area contributed by atoms with Gasteiger partial charge in [-0.25, -0.2) is 0 Å². The van der Waals surface area contributed by atoms with E-state index >= 15 is 0 Å². The van der Waals surface area contributed by atoms with Crippen LogP contribution in [-0.4, -0.2) is 20.1 Å². The number of rotatable bonds is 3. The van der Waals surface area contributed by atoms with Crippen LogP contribution in [0.25, 0.3) is 0 Å². The first-order valence-electron chi connectivity index (χ1n) is 4.72. The van der Waals surface area contributed by atoms with Crippen molar-refractivity contribution < 1.29 is 0 Å². The van der Waals surface area contributed by atoms with Crippen LogP contribution < -0.4 is 10.6 Å². The summed E-state index contributed by atoms with van der Waals surface area (Å²) < 4.78 is 1.14. The van der Waals surface area contributed by atoms with Crippen LogP contribution in [0.15, 0.2) is 22.7 Å². The smallest absolute Gasteiger partial charge is 0.0405 e. The van der Waals surface area contributed by atoms with Crippen LogP contribution in [0.3, 0.4) is 0 Å². The number of hydrogen-bond donors (Lipinski definition) is 1. The van der Waals surface area contributed by atoms with Crippen molar-refractivity contribution in [2.45, 2.75) is 19.4 Å². The third-order valence-electron chi connectivity index (χ3n) is 2.10. The van der Waals surface area contributed by atoms with E-state index in [9.17, 15) is 0 Å². The second-order valence-corrected chi connectivity index (χ2v) is 4.67. The van der Waals surface area contributed by atoms with E-state index in [0.717, 1.165) is 10.9 Å². The van der Waals surface area contributed by atoms with Crippen LogP contribution in [0, 0.1) is 0 Å². The summed E-state index contributed by atoms with van der Waals surface area (Å²) >= 11 is 3.56. The number of hydrogen-bond acceptors (Lipinski definition) is 2. The molecular formula is C11H17BrN2. The molecule has 2 nitrogen and oxygen atoms in total. The van der Waals surface area contributed by atoms with E-state index in [1.54, 1.807) is 0 Å². The quantitative estimate of drug-likeness (QED) is 0.900. The van der Waals surface area contributed by atoms with E-state index in [1.165, 1.54) is 11.3 Å². The van der Waals surface area contributed by atoms with E-state index in [1.807, 2.05) is 27.1 Å². The zero-order valence-electron chi connectivity index (χ0n) is 8.92. The van der Waals surface area contributed by atoms with Gasteiger partial charge < -0.3 is 10.6 Å². The summed E-state index contributed by atoms with van der Waals surface area (Å²) in [6, 6.07) is 6.41. The highest BCUT2D eigenvalue weighted by Crippen LogP contribution is 2.27. The monoisotopic (exact) mass is 256 g/mol. The first-order chi connectivity index (χ1) is 6.52. The molecule has 1 unspecified atom stereocenters. The molecule has 1 atom stereocenters. The summed E-state index contributed by atoms with van der Waals surface area (Å²) in [4.78, 5) is 2.11. The molecule has 0 heterocycles. The van der Waals surface area contributed by atoms with Crippen molar-refractivity contribution in [3.8, 4) is 0 Å². The van der Waals surface area contributed by atoms with Crippen molar-refractivity contribution >= 4 is 21.6 Å². The third-order valence-corrected chi connectivity index (χ3v) is 2.84. The Balaban J connectivity index is 3.09. The molecule has 0 aliphatic carbocycles. The van der Waals surface area contributed by atoms with Crippen molar-refractivity contribution in [1.29, 1.82) is 0 Å². The van der Waals surface area contributed by atoms with Gasteiger partial charge in [0.25, 0.3) is 0 Å². The molecule has 1 aromatic carbocycles. The second kappa shape index (κ2) is 4.80. The van der Waals surface area contributed by atoms with E-state index in [2.05, 4.69) is 33.0 Å². The molecule has 0 bridgehead atoms. The molecule has 0 saturated carbocycles. The molecule has 1 aromatic rings. The predicted molar refractivity (Wildman–Crippen MR) is 65.8 cm³/mol. The Labute approximate surface area is 94.2 Å². The highest BCUT2D eigenvalue weighted by molar-refractivity contribution is 9.10. The summed E-state index contributed by atoms with van der Waals surface area (Å²) in [5.41, 5.74) is 8.34. The molecule has 0 radical (unpaired) electrons. The van der Waals surface area contributed by atoms with Gasteiger partial charge in [0.05, 0.1) is 0 Å². The van der Waals surface area contributed by atoms with Gasteiger partial charge in [0.1, 0.15) is 0 Å². The molecule has 2 N–H and O–H groups in total. The SMILES string of the molecule is CC(N)Cc1c(Br)cccc1N(C)C. The van der Waals surface area contributed by atoms with E-state index in [0.29, 0.717) is 0 Å². The average Bonchev–Trinajstić information content (AvgIpc) is 2.07. The first kappa shape index (κ1) is 11.5. The standard InChI is InChI=1S/C11H17BrN2/c1-8(13)7-9-10(12)5-4-6-11(9)14(2)3/h4-6,8H,7,13H2,1-3H3. The Morgan fingerprint density at radius 2 is 2.07 bits per heavy atom. The van der Waals surface area contributed by atoms with Crippen molar-refractivity contribution in [2.24, 2.45) is 5.73 Å². The van der Waals surface area contributed by atoms with Gasteiger partial charge in [-0.15, -0.1) is 0 Å². The predicted octanol–water partition coefficient (Wildman–Crippen LogP) is 2.40. The molecule has 3 heteroatoms. The molecular weight excluding hydrogens is 240 g/mol. The second-order valence-electron chi connectivity index (χ2n) is 3.81. The van der Waals surface area contributed by atoms with Gasteiger partial charge in [0, 0.05) is 30.3 Å². The molecule has 0 fully saturated rings. The van der Waals surface area contributed by atoms with Crippen molar-refractivity contribution in [3.63, 3.8) is 0 Å². The van der Waals surface area contributed by atoms with E-state index < -0.39 is 0 Å². The average molecular weight is 257 g/mol. The summed E-state index contributed by atoms with van der Waals surface area (Å²) in [7, 11) is 4.10. The van der Waals surface area contributed by atoms with Crippen molar-refractivity contribution in [3.05, 3.63) is 28.2 Å². The van der Waals surface area contributed by atoms with Crippen LogP contribution in [0.2, 0.25) is 0 Å². The Morgan fingerprint density at radius 3 is 2.57 bits per heavy atom. The molecule has 0 aliphatic rings. The van der Waals surface area contributed by atoms with E-state index in [4.69, 9.17) is 5.73 Å². The van der Waals surface area contributed by atoms with Gasteiger partial charge in [-0.05, 0) is 31.0 Å². The van der Waals surface area contributed by atoms with Crippen molar-refractivity contribution in [1.82, 2.24) is 0 Å². The lowest BCUT2D eigenvalue weighted by Gasteiger charge is -2.19. The van der Waals surface area contributed by atoms with Gasteiger partial charge in [0.2, 0.25) is 0 Å². The number of nitrogens with two attached hydrogens (primary N) is 1.